The number of nitrogens with one attached hydrogen (secondary N) is 3. The van der Waals surface area contributed by atoms with Crippen LogP contribution in [0.2, 0.25) is 0 Å². The third kappa shape index (κ3) is 5.71. The molecule has 0 bridgehead atoms. The molecular weight excluding hydrogens is 372 g/mol. The van der Waals surface area contributed by atoms with E-state index in [2.05, 4.69) is 20.7 Å². The summed E-state index contributed by atoms with van der Waals surface area (Å²) in [6.07, 6.45) is 0.797. The molecule has 2 aromatic rings. The van der Waals surface area contributed by atoms with Crippen molar-refractivity contribution in [1.29, 1.82) is 0 Å². The second-order valence-electron chi connectivity index (χ2n) is 6.70. The van der Waals surface area contributed by atoms with Gasteiger partial charge in [-0.1, -0.05) is 36.4 Å². The lowest BCUT2D eigenvalue weighted by atomic mass is 10.1. The van der Waals surface area contributed by atoms with Gasteiger partial charge in [0.2, 0.25) is 5.91 Å². The first-order chi connectivity index (χ1) is 14.0. The molecule has 1 unspecified atom stereocenters. The van der Waals surface area contributed by atoms with Crippen molar-refractivity contribution in [3.05, 3.63) is 60.2 Å². The number of likely N-dealkylation sites (tertiary alicyclic amines) is 1. The lowest BCUT2D eigenvalue weighted by Crippen LogP contribution is -2.40. The number of benzene rings is 2. The molecule has 3 rings (SSSR count). The molecule has 2 aromatic carbocycles. The number of hydrogen-bond acceptors (Lipinski definition) is 4. The molecule has 1 saturated heterocycles. The normalized spacial score (nSPS) is 14.2. The zero-order valence-electron chi connectivity index (χ0n) is 16.2. The van der Waals surface area contributed by atoms with Crippen molar-refractivity contribution >= 4 is 29.4 Å². The number of urea groups is 1. The number of amides is 4. The number of nitrogens with zero attached hydrogens (tertiary/aromatic N) is 1. The number of rotatable bonds is 6. The highest BCUT2D eigenvalue weighted by Gasteiger charge is 2.25. The van der Waals surface area contributed by atoms with Gasteiger partial charge in [0.1, 0.15) is 0 Å². The van der Waals surface area contributed by atoms with Crippen LogP contribution < -0.4 is 16.0 Å². The number of ether oxygens (including phenoxy) is 1. The fraction of sp³-hybridized carbons (Fsp3) is 0.286. The van der Waals surface area contributed by atoms with Crippen molar-refractivity contribution in [2.75, 3.05) is 30.8 Å². The molecule has 8 nitrogen and oxygen atoms in total. The van der Waals surface area contributed by atoms with Crippen LogP contribution in [0.15, 0.2) is 54.6 Å². The Morgan fingerprint density at radius 2 is 1.79 bits per heavy atom. The zero-order chi connectivity index (χ0) is 20.6. The van der Waals surface area contributed by atoms with Crippen LogP contribution in [0, 0.1) is 0 Å². The van der Waals surface area contributed by atoms with Gasteiger partial charge in [-0.15, -0.1) is 0 Å². The number of carbonyl (C=O) groups excluding carboxylic acids is 3. The standard InChI is InChI=1S/C21H24N4O4/c1-29-21(28)23-17-10-5-9-16(13-17)22-20(27)24-18(15-7-3-2-4-8-15)14-25-12-6-11-19(25)26/h2-5,7-10,13,18H,6,11-12,14H2,1H3,(H,23,28)(H2,22,24,27). The summed E-state index contributed by atoms with van der Waals surface area (Å²) < 4.78 is 4.57. The molecule has 4 amide bonds. The first kappa shape index (κ1) is 20.2. The minimum Gasteiger partial charge on any atom is -0.453 e. The van der Waals surface area contributed by atoms with Crippen molar-refractivity contribution in [2.45, 2.75) is 18.9 Å². The van der Waals surface area contributed by atoms with E-state index >= 15 is 0 Å². The molecule has 0 saturated carbocycles. The summed E-state index contributed by atoms with van der Waals surface area (Å²) in [6, 6.07) is 15.5. The zero-order valence-corrected chi connectivity index (χ0v) is 16.2. The fourth-order valence-electron chi connectivity index (χ4n) is 3.21. The highest BCUT2D eigenvalue weighted by atomic mass is 16.5. The van der Waals surface area contributed by atoms with Crippen molar-refractivity contribution in [3.63, 3.8) is 0 Å². The Morgan fingerprint density at radius 1 is 1.07 bits per heavy atom. The van der Waals surface area contributed by atoms with Crippen LogP contribution in [-0.2, 0) is 9.53 Å². The average Bonchev–Trinajstić information content (AvgIpc) is 3.12. The molecule has 3 N–H and O–H groups in total. The maximum Gasteiger partial charge on any atom is 0.411 e. The molecule has 1 heterocycles. The number of anilines is 2. The Morgan fingerprint density at radius 3 is 2.45 bits per heavy atom. The Bertz CT molecular complexity index is 872. The molecule has 1 fully saturated rings. The molecule has 1 atom stereocenters. The van der Waals surface area contributed by atoms with Gasteiger partial charge in [-0.3, -0.25) is 10.1 Å². The summed E-state index contributed by atoms with van der Waals surface area (Å²) in [6.45, 7) is 1.12. The van der Waals surface area contributed by atoms with Crippen molar-refractivity contribution < 1.29 is 19.1 Å². The predicted molar refractivity (Wildman–Crippen MR) is 110 cm³/mol. The van der Waals surface area contributed by atoms with E-state index in [0.717, 1.165) is 12.0 Å². The average molecular weight is 396 g/mol. The molecule has 0 aromatic heterocycles. The van der Waals surface area contributed by atoms with E-state index in [1.807, 2.05) is 30.3 Å². The Hall–Kier alpha value is -3.55. The summed E-state index contributed by atoms with van der Waals surface area (Å²) in [5, 5.41) is 8.26. The minimum absolute atomic E-state index is 0.106. The summed E-state index contributed by atoms with van der Waals surface area (Å²) >= 11 is 0. The van der Waals surface area contributed by atoms with Crippen LogP contribution in [-0.4, -0.2) is 43.1 Å². The summed E-state index contributed by atoms with van der Waals surface area (Å²) in [4.78, 5) is 37.7. The van der Waals surface area contributed by atoms with E-state index in [1.165, 1.54) is 7.11 Å². The van der Waals surface area contributed by atoms with E-state index in [9.17, 15) is 14.4 Å². The van der Waals surface area contributed by atoms with Crippen LogP contribution in [0.3, 0.4) is 0 Å². The van der Waals surface area contributed by atoms with Gasteiger partial charge < -0.3 is 20.3 Å². The first-order valence-corrected chi connectivity index (χ1v) is 9.40. The van der Waals surface area contributed by atoms with Crippen LogP contribution in [0.25, 0.3) is 0 Å². The molecule has 0 aliphatic carbocycles. The van der Waals surface area contributed by atoms with Crippen LogP contribution in [0.5, 0.6) is 0 Å². The van der Waals surface area contributed by atoms with Gasteiger partial charge >= 0.3 is 12.1 Å². The van der Waals surface area contributed by atoms with Gasteiger partial charge in [-0.25, -0.2) is 9.59 Å². The van der Waals surface area contributed by atoms with Crippen molar-refractivity contribution in [3.8, 4) is 0 Å². The second-order valence-corrected chi connectivity index (χ2v) is 6.70. The molecule has 1 aliphatic rings. The number of carbonyl (C=O) groups is 3. The topological polar surface area (TPSA) is 99.8 Å². The Balaban J connectivity index is 1.67. The maximum absolute atomic E-state index is 12.6. The predicted octanol–water partition coefficient (Wildman–Crippen LogP) is 3.35. The molecule has 29 heavy (non-hydrogen) atoms. The van der Waals surface area contributed by atoms with E-state index < -0.39 is 12.1 Å². The summed E-state index contributed by atoms with van der Waals surface area (Å²) in [7, 11) is 1.28. The monoisotopic (exact) mass is 396 g/mol. The van der Waals surface area contributed by atoms with Crippen LogP contribution in [0.1, 0.15) is 24.4 Å². The quantitative estimate of drug-likeness (QED) is 0.697. The molecule has 8 heteroatoms. The number of methoxy groups -OCH3 is 1. The first-order valence-electron chi connectivity index (χ1n) is 9.40. The van der Waals surface area contributed by atoms with Gasteiger partial charge in [0, 0.05) is 30.9 Å². The van der Waals surface area contributed by atoms with Crippen LogP contribution in [0.4, 0.5) is 21.0 Å². The van der Waals surface area contributed by atoms with E-state index in [0.29, 0.717) is 30.9 Å². The minimum atomic E-state index is -0.592. The van der Waals surface area contributed by atoms with E-state index in [4.69, 9.17) is 0 Å². The summed E-state index contributed by atoms with van der Waals surface area (Å²) in [5.41, 5.74) is 1.93. The van der Waals surface area contributed by atoms with Gasteiger partial charge in [-0.2, -0.15) is 0 Å². The lowest BCUT2D eigenvalue weighted by Gasteiger charge is -2.25. The second kappa shape index (κ2) is 9.59. The molecule has 0 radical (unpaired) electrons. The van der Waals surface area contributed by atoms with Gasteiger partial charge in [0.05, 0.1) is 13.2 Å². The highest BCUT2D eigenvalue weighted by molar-refractivity contribution is 5.91. The lowest BCUT2D eigenvalue weighted by molar-refractivity contribution is -0.128. The molecule has 0 spiro atoms. The highest BCUT2D eigenvalue weighted by Crippen LogP contribution is 2.20. The molecule has 1 aliphatic heterocycles. The fourth-order valence-corrected chi connectivity index (χ4v) is 3.21. The number of hydrogen-bond donors (Lipinski definition) is 3. The van der Waals surface area contributed by atoms with Gasteiger partial charge in [0.25, 0.3) is 0 Å². The van der Waals surface area contributed by atoms with Crippen LogP contribution >= 0.6 is 0 Å². The summed E-state index contributed by atoms with van der Waals surface area (Å²) in [5.74, 6) is 0.106. The maximum atomic E-state index is 12.6. The molecule has 152 valence electrons. The Labute approximate surface area is 169 Å². The van der Waals surface area contributed by atoms with Crippen molar-refractivity contribution in [2.24, 2.45) is 0 Å². The van der Waals surface area contributed by atoms with Crippen molar-refractivity contribution in [1.82, 2.24) is 10.2 Å². The molecular formula is C21H24N4O4. The van der Waals surface area contributed by atoms with Gasteiger partial charge in [-0.05, 0) is 30.2 Å². The van der Waals surface area contributed by atoms with E-state index in [1.54, 1.807) is 29.2 Å². The third-order valence-electron chi connectivity index (χ3n) is 4.63. The largest absolute Gasteiger partial charge is 0.453 e. The Kier molecular flexibility index (Phi) is 6.67. The van der Waals surface area contributed by atoms with E-state index in [-0.39, 0.29) is 11.9 Å². The van der Waals surface area contributed by atoms with Gasteiger partial charge in [0.15, 0.2) is 0 Å². The smallest absolute Gasteiger partial charge is 0.411 e. The third-order valence-corrected chi connectivity index (χ3v) is 4.63. The SMILES string of the molecule is COC(=O)Nc1cccc(NC(=O)NC(CN2CCCC2=O)c2ccccc2)c1.